The Labute approximate surface area is 206 Å². The van der Waals surface area contributed by atoms with E-state index in [9.17, 15) is 9.59 Å². The third-order valence-electron chi connectivity index (χ3n) is 8.97. The number of rotatable bonds is 5. The molecule has 1 aromatic heterocycles. The number of hydrogen-bond donors (Lipinski definition) is 1. The minimum atomic E-state index is -0.353. The summed E-state index contributed by atoms with van der Waals surface area (Å²) in [7, 11) is 0. The van der Waals surface area contributed by atoms with Crippen molar-refractivity contribution in [2.24, 2.45) is 23.2 Å². The van der Waals surface area contributed by atoms with E-state index in [4.69, 9.17) is 9.72 Å². The molecule has 34 heavy (non-hydrogen) atoms. The standard InChI is InChI=1S/C26H38N4O3S/c1-16-12-29(13-17(2)33-16)14-21-15-34-25(27-21)28-23(31)22-4-3-5-30(22)24(32)26-9-18-6-19(10-26)8-20(7-18)11-26/h15-20,22H,3-14H2,1-2H3,(H,27,28,31). The fourth-order valence-electron chi connectivity index (χ4n) is 8.23. The van der Waals surface area contributed by atoms with Crippen LogP contribution in [0.2, 0.25) is 0 Å². The second kappa shape index (κ2) is 8.86. The highest BCUT2D eigenvalue weighted by molar-refractivity contribution is 7.13. The third kappa shape index (κ3) is 4.30. The summed E-state index contributed by atoms with van der Waals surface area (Å²) >= 11 is 1.48. The molecule has 3 heterocycles. The van der Waals surface area contributed by atoms with Gasteiger partial charge in [-0.1, -0.05) is 0 Å². The van der Waals surface area contributed by atoms with E-state index < -0.39 is 0 Å². The quantitative estimate of drug-likeness (QED) is 0.683. The number of likely N-dealkylation sites (tertiary alicyclic amines) is 1. The van der Waals surface area contributed by atoms with Crippen LogP contribution in [0.1, 0.15) is 70.9 Å². The first-order valence-corrected chi connectivity index (χ1v) is 14.2. The molecule has 6 aliphatic rings. The van der Waals surface area contributed by atoms with Gasteiger partial charge in [0.25, 0.3) is 0 Å². The molecule has 0 radical (unpaired) electrons. The maximum absolute atomic E-state index is 13.9. The first-order valence-electron chi connectivity index (χ1n) is 13.3. The number of anilines is 1. The monoisotopic (exact) mass is 486 g/mol. The zero-order chi connectivity index (χ0) is 23.4. The number of thiazole rings is 1. The van der Waals surface area contributed by atoms with E-state index in [2.05, 4.69) is 24.1 Å². The maximum Gasteiger partial charge on any atom is 0.248 e. The lowest BCUT2D eigenvalue weighted by Gasteiger charge is -2.56. The van der Waals surface area contributed by atoms with Crippen molar-refractivity contribution < 1.29 is 14.3 Å². The first kappa shape index (κ1) is 22.9. The van der Waals surface area contributed by atoms with Gasteiger partial charge in [0.2, 0.25) is 11.8 Å². The molecule has 2 amide bonds. The van der Waals surface area contributed by atoms with E-state index in [1.807, 2.05) is 10.3 Å². The van der Waals surface area contributed by atoms with Gasteiger partial charge in [-0.2, -0.15) is 0 Å². The Morgan fingerprint density at radius 3 is 2.41 bits per heavy atom. The minimum absolute atomic E-state index is 0.0647. The summed E-state index contributed by atoms with van der Waals surface area (Å²) in [6, 6.07) is -0.353. The second-order valence-electron chi connectivity index (χ2n) is 11.9. The van der Waals surface area contributed by atoms with Crippen molar-refractivity contribution in [2.75, 3.05) is 25.0 Å². The summed E-state index contributed by atoms with van der Waals surface area (Å²) in [6.45, 7) is 7.49. The molecule has 1 aromatic rings. The number of carbonyl (C=O) groups is 2. The molecule has 7 rings (SSSR count). The highest BCUT2D eigenvalue weighted by atomic mass is 32.1. The van der Waals surface area contributed by atoms with Crippen molar-refractivity contribution in [3.05, 3.63) is 11.1 Å². The summed E-state index contributed by atoms with van der Waals surface area (Å²) in [5, 5.41) is 5.73. The number of morpholine rings is 1. The van der Waals surface area contributed by atoms with Crippen LogP contribution in [0.3, 0.4) is 0 Å². The summed E-state index contributed by atoms with van der Waals surface area (Å²) in [4.78, 5) is 36.1. The number of ether oxygens (including phenoxy) is 1. The van der Waals surface area contributed by atoms with Crippen LogP contribution in [0.4, 0.5) is 5.13 Å². The largest absolute Gasteiger partial charge is 0.373 e. The Morgan fingerprint density at radius 1 is 1.12 bits per heavy atom. The number of nitrogens with zero attached hydrogens (tertiary/aromatic N) is 3. The average molecular weight is 487 g/mol. The van der Waals surface area contributed by atoms with Gasteiger partial charge < -0.3 is 15.0 Å². The van der Waals surface area contributed by atoms with Gasteiger partial charge in [0.05, 0.1) is 23.3 Å². The van der Waals surface area contributed by atoms with Gasteiger partial charge in [0.15, 0.2) is 5.13 Å². The van der Waals surface area contributed by atoms with Crippen molar-refractivity contribution >= 4 is 28.3 Å². The van der Waals surface area contributed by atoms with E-state index in [1.165, 1.54) is 30.6 Å². The van der Waals surface area contributed by atoms with Crippen LogP contribution < -0.4 is 5.32 Å². The number of amides is 2. The summed E-state index contributed by atoms with van der Waals surface area (Å²) in [6.07, 6.45) is 9.24. The topological polar surface area (TPSA) is 74.8 Å². The number of hydrogen-bond acceptors (Lipinski definition) is 6. The van der Waals surface area contributed by atoms with Gasteiger partial charge in [0.1, 0.15) is 6.04 Å². The van der Waals surface area contributed by atoms with Crippen LogP contribution in [0.25, 0.3) is 0 Å². The molecule has 3 unspecified atom stereocenters. The molecular weight excluding hydrogens is 448 g/mol. The lowest BCUT2D eigenvalue weighted by Crippen LogP contribution is -2.56. The molecule has 1 N–H and O–H groups in total. The zero-order valence-electron chi connectivity index (χ0n) is 20.5. The van der Waals surface area contributed by atoms with E-state index >= 15 is 0 Å². The Kier molecular flexibility index (Phi) is 5.97. The maximum atomic E-state index is 13.9. The molecule has 0 aromatic carbocycles. The molecular formula is C26H38N4O3S. The second-order valence-corrected chi connectivity index (χ2v) is 12.8. The Bertz CT molecular complexity index is 903. The molecule has 0 spiro atoms. The van der Waals surface area contributed by atoms with E-state index in [-0.39, 0.29) is 35.5 Å². The Morgan fingerprint density at radius 2 is 1.76 bits per heavy atom. The van der Waals surface area contributed by atoms with Crippen molar-refractivity contribution in [2.45, 2.75) is 90.0 Å². The molecule has 2 saturated heterocycles. The fourth-order valence-corrected chi connectivity index (χ4v) is 8.93. The van der Waals surface area contributed by atoms with E-state index in [0.717, 1.165) is 81.7 Å². The van der Waals surface area contributed by atoms with Crippen LogP contribution in [-0.2, 0) is 20.9 Å². The van der Waals surface area contributed by atoms with Gasteiger partial charge in [-0.15, -0.1) is 11.3 Å². The molecule has 7 nitrogen and oxygen atoms in total. The van der Waals surface area contributed by atoms with E-state index in [0.29, 0.717) is 5.13 Å². The van der Waals surface area contributed by atoms with Crippen molar-refractivity contribution in [3.63, 3.8) is 0 Å². The molecule has 4 bridgehead atoms. The molecule has 3 atom stereocenters. The number of nitrogens with one attached hydrogen (secondary N) is 1. The molecule has 2 aliphatic heterocycles. The smallest absolute Gasteiger partial charge is 0.248 e. The van der Waals surface area contributed by atoms with Crippen LogP contribution >= 0.6 is 11.3 Å². The zero-order valence-corrected chi connectivity index (χ0v) is 21.3. The van der Waals surface area contributed by atoms with Crippen molar-refractivity contribution in [1.82, 2.24) is 14.8 Å². The van der Waals surface area contributed by atoms with Gasteiger partial charge in [-0.05, 0) is 83.0 Å². The molecule has 6 fully saturated rings. The van der Waals surface area contributed by atoms with Crippen LogP contribution in [0, 0.1) is 23.2 Å². The van der Waals surface area contributed by atoms with Gasteiger partial charge in [-0.25, -0.2) is 4.98 Å². The summed E-state index contributed by atoms with van der Waals surface area (Å²) in [5.74, 6) is 2.41. The highest BCUT2D eigenvalue weighted by Crippen LogP contribution is 2.60. The Balaban J connectivity index is 1.09. The molecule has 4 aliphatic carbocycles. The van der Waals surface area contributed by atoms with Crippen molar-refractivity contribution in [1.29, 1.82) is 0 Å². The number of aromatic nitrogens is 1. The summed E-state index contributed by atoms with van der Waals surface area (Å²) < 4.78 is 5.83. The highest BCUT2D eigenvalue weighted by Gasteiger charge is 2.56. The average Bonchev–Trinajstić information content (AvgIpc) is 3.41. The lowest BCUT2D eigenvalue weighted by molar-refractivity contribution is -0.160. The predicted molar refractivity (Wildman–Crippen MR) is 131 cm³/mol. The van der Waals surface area contributed by atoms with Crippen molar-refractivity contribution in [3.8, 4) is 0 Å². The third-order valence-corrected chi connectivity index (χ3v) is 9.78. The van der Waals surface area contributed by atoms with E-state index in [1.54, 1.807) is 0 Å². The molecule has 4 saturated carbocycles. The van der Waals surface area contributed by atoms with Gasteiger partial charge in [-0.3, -0.25) is 14.5 Å². The Hall–Kier alpha value is -1.51. The number of carbonyl (C=O) groups excluding carboxylic acids is 2. The van der Waals surface area contributed by atoms with Crippen LogP contribution in [0.5, 0.6) is 0 Å². The van der Waals surface area contributed by atoms with Gasteiger partial charge in [0, 0.05) is 31.6 Å². The van der Waals surface area contributed by atoms with Gasteiger partial charge >= 0.3 is 0 Å². The summed E-state index contributed by atoms with van der Waals surface area (Å²) in [5.41, 5.74) is 0.799. The fraction of sp³-hybridized carbons (Fsp3) is 0.808. The van der Waals surface area contributed by atoms with Crippen LogP contribution in [-0.4, -0.2) is 64.5 Å². The molecule has 8 heteroatoms. The SMILES string of the molecule is CC1CN(Cc2csc(NC(=O)C3CCCN3C(=O)C34CC5CC(CC(C5)C3)C4)n2)CC(C)O1. The predicted octanol–water partition coefficient (Wildman–Crippen LogP) is 3.90. The first-order chi connectivity index (χ1) is 16.4. The minimum Gasteiger partial charge on any atom is -0.373 e. The molecule has 186 valence electrons. The lowest BCUT2D eigenvalue weighted by atomic mass is 9.49. The normalized spacial score (nSPS) is 39.5. The van der Waals surface area contributed by atoms with Crippen LogP contribution in [0.15, 0.2) is 5.38 Å².